The van der Waals surface area contributed by atoms with Crippen LogP contribution in [0.5, 0.6) is 0 Å². The lowest BCUT2D eigenvalue weighted by molar-refractivity contribution is 0.660. The van der Waals surface area contributed by atoms with Gasteiger partial charge in [-0.3, -0.25) is 0 Å². The fourth-order valence-corrected chi connectivity index (χ4v) is 17.6. The lowest BCUT2D eigenvalue weighted by Crippen LogP contribution is -2.26. The van der Waals surface area contributed by atoms with E-state index in [2.05, 4.69) is 52.0 Å². The van der Waals surface area contributed by atoms with Crippen molar-refractivity contribution in [3.8, 4) is 89.0 Å². The summed E-state index contributed by atoms with van der Waals surface area (Å²) in [6, 6.07) is 41.9. The zero-order chi connectivity index (χ0) is 96.7. The molecule has 6 aliphatic carbocycles. The van der Waals surface area contributed by atoms with E-state index >= 15 is 0 Å². The van der Waals surface area contributed by atoms with Crippen LogP contribution in [0, 0.1) is 0 Å². The molecule has 0 fully saturated rings. The van der Waals surface area contributed by atoms with Crippen LogP contribution in [-0.4, -0.2) is 0 Å². The summed E-state index contributed by atoms with van der Waals surface area (Å²) < 4.78 is 282. The second-order valence-electron chi connectivity index (χ2n) is 28.2. The molecule has 2 heteroatoms. The van der Waals surface area contributed by atoms with Gasteiger partial charge in [0.1, 0.15) is 0 Å². The van der Waals surface area contributed by atoms with Crippen molar-refractivity contribution in [2.45, 2.75) is 49.4 Å². The summed E-state index contributed by atoms with van der Waals surface area (Å²) in [5, 5.41) is 0. The van der Waals surface area contributed by atoms with E-state index < -0.39 is 203 Å². The molecular formula is C104H74N2. The van der Waals surface area contributed by atoms with Crippen LogP contribution in [0.1, 0.15) is 136 Å². The second-order valence-corrected chi connectivity index (χ2v) is 28.2. The molecule has 0 atom stereocenters. The Balaban J connectivity index is 0.000000163. The number of anilines is 6. The lowest BCUT2D eigenvalue weighted by atomic mass is 9.70. The van der Waals surface area contributed by atoms with Gasteiger partial charge < -0.3 is 9.80 Å². The van der Waals surface area contributed by atoms with E-state index in [4.69, 9.17) is 16.4 Å². The van der Waals surface area contributed by atoms with Crippen molar-refractivity contribution >= 4 is 34.1 Å². The number of nitrogens with zero attached hydrogens (tertiary/aromatic N) is 2. The van der Waals surface area contributed by atoms with E-state index in [0.29, 0.717) is 28.3 Å². The summed E-state index contributed by atoms with van der Waals surface area (Å²) in [5.74, 6) is 0. The van der Waals surface area contributed by atoms with E-state index in [1.807, 2.05) is 170 Å². The van der Waals surface area contributed by atoms with Crippen LogP contribution in [0.2, 0.25) is 0 Å². The first-order chi connectivity index (χ1) is 64.6. The van der Waals surface area contributed by atoms with Crippen LogP contribution in [0.3, 0.4) is 0 Å². The van der Waals surface area contributed by atoms with Gasteiger partial charge >= 0.3 is 0 Å². The van der Waals surface area contributed by atoms with Gasteiger partial charge in [0.25, 0.3) is 0 Å². The number of hydrogen-bond donors (Lipinski definition) is 0. The molecule has 500 valence electrons. The fourth-order valence-electron chi connectivity index (χ4n) is 17.6. The van der Waals surface area contributed by atoms with Crippen LogP contribution < -0.4 is 9.80 Å². The van der Waals surface area contributed by atoms with Crippen LogP contribution in [-0.2, 0) is 21.7 Å². The molecule has 0 aromatic heterocycles. The SMILES string of the molecule is [2H]c1c([2H])c([2H])c2c(c1[2H])-c1c([2H])c([2H])c([2H])c([2H])c1C21c2c([2H])c([2H])c([2H])c([2H])c2-c2c([2H])c([2H])c(N(c3ccc(-c4ccccc4)cc3)c3ccc4c(c3)C(C)(C)c3ccccc3-4)c([2H])c21.[2H]c1c([2H])c([2H])c2c(c1[2H])-c1c([2H])c([2H])c([2H])c([2H])c1C21c2c([2H])c([2H])c([2H])c([2H])c2-c2c([2H])c([2H])c(N(c3ccc4c(c3)C(C)(C)c3ccccc3-4)c3ccccc3-c3ccccc3)c([2H])c21. The monoisotopic (exact) mass is 1380 g/mol. The number of rotatable bonds is 8. The van der Waals surface area contributed by atoms with E-state index in [-0.39, 0.29) is 100 Å². The Kier molecular flexibility index (Phi) is 8.49. The Morgan fingerprint density at radius 2 is 0.519 bits per heavy atom. The second kappa shape index (κ2) is 23.3. The number of benzene rings is 16. The average Bonchev–Trinajstić information content (AvgIpc) is 1.48. The van der Waals surface area contributed by atoms with Crippen molar-refractivity contribution in [1.29, 1.82) is 0 Å². The topological polar surface area (TPSA) is 6.48 Å². The first-order valence-corrected chi connectivity index (χ1v) is 34.9. The molecule has 0 bridgehead atoms. The minimum atomic E-state index is -2.47. The summed E-state index contributed by atoms with van der Waals surface area (Å²) in [7, 11) is 0. The smallest absolute Gasteiger partial charge is 0.0726 e. The molecule has 2 nitrogen and oxygen atoms in total. The van der Waals surface area contributed by atoms with Crippen LogP contribution in [0.4, 0.5) is 34.1 Å². The number of fused-ring (bicyclic) bond motifs is 26. The quantitative estimate of drug-likeness (QED) is 0.150. The van der Waals surface area contributed by atoms with E-state index in [1.54, 1.807) is 9.80 Å². The Bertz CT molecular complexity index is 7970. The standard InChI is InChI=1S/2C52H37N/c1-51(2)44-23-11-6-19-38(44)42-30-28-35(32-48(42)51)53(50-27-15-10-18-37(50)34-16-4-3-5-17-34)36-29-31-43-41-22-9-14-26-47(41)52(49(43)33-36)45-24-12-7-20-39(45)40-21-8-13-25-46(40)52;1-51(2)45-20-10-6-16-39(45)43-30-28-37(32-49(43)51)53(36-26-24-35(25-27-36)34-14-4-3-5-15-34)38-29-31-44-42-19-9-13-23-48(42)52(50(44)33-38)46-21-11-7-17-40(46)41-18-8-12-22-47(41)52/h2*3-33H,1-2H3/i7D,8D,9D,12D,13D,14D,20D,21D,22D,24D,25D,26D,29D,31D,33D;7D,8D,9D,11D,12D,13D,17D,18D,19D,21D,22D,23D,29D,31D,33D. The van der Waals surface area contributed by atoms with Crippen LogP contribution in [0.25, 0.3) is 89.0 Å². The highest BCUT2D eigenvalue weighted by Crippen LogP contribution is 2.66. The van der Waals surface area contributed by atoms with Crippen molar-refractivity contribution in [2.75, 3.05) is 9.80 Å². The predicted molar refractivity (Wildman–Crippen MR) is 441 cm³/mol. The molecule has 16 aromatic carbocycles. The molecule has 22 rings (SSSR count). The van der Waals surface area contributed by atoms with E-state index in [1.165, 1.54) is 0 Å². The number of hydrogen-bond acceptors (Lipinski definition) is 2. The van der Waals surface area contributed by atoms with Gasteiger partial charge in [0, 0.05) is 44.8 Å². The van der Waals surface area contributed by atoms with Crippen molar-refractivity contribution < 1.29 is 41.1 Å². The molecule has 0 aliphatic heterocycles. The normalized spacial score (nSPS) is 18.5. The van der Waals surface area contributed by atoms with Gasteiger partial charge in [0.15, 0.2) is 0 Å². The first kappa shape index (κ1) is 38.6. The molecular weight excluding hydrogens is 1280 g/mol. The highest BCUT2D eigenvalue weighted by atomic mass is 15.2. The maximum absolute atomic E-state index is 10.7. The highest BCUT2D eigenvalue weighted by Gasteiger charge is 2.54. The summed E-state index contributed by atoms with van der Waals surface area (Å²) in [5.41, 5.74) is 1.99. The Labute approximate surface area is 663 Å². The Morgan fingerprint density at radius 1 is 0.208 bits per heavy atom. The predicted octanol–water partition coefficient (Wildman–Crippen LogP) is 26.9. The molecule has 0 N–H and O–H groups in total. The molecule has 2 spiro atoms. The fraction of sp³-hybridized carbons (Fsp3) is 0.0769. The Morgan fingerprint density at radius 3 is 0.943 bits per heavy atom. The highest BCUT2D eigenvalue weighted by molar-refractivity contribution is 6.00. The maximum atomic E-state index is 10.7. The van der Waals surface area contributed by atoms with Gasteiger partial charge in [-0.25, -0.2) is 0 Å². The van der Waals surface area contributed by atoms with Crippen molar-refractivity contribution in [3.63, 3.8) is 0 Å². The molecule has 0 saturated heterocycles. The first-order valence-electron chi connectivity index (χ1n) is 49.9. The van der Waals surface area contributed by atoms with Gasteiger partial charge in [-0.05, 0) is 217 Å². The van der Waals surface area contributed by atoms with Gasteiger partial charge in [0.2, 0.25) is 0 Å². The third-order valence-electron chi connectivity index (χ3n) is 22.3. The maximum Gasteiger partial charge on any atom is 0.0726 e. The zero-order valence-corrected chi connectivity index (χ0v) is 57.4. The summed E-state index contributed by atoms with van der Waals surface area (Å²) >= 11 is 0. The summed E-state index contributed by atoms with van der Waals surface area (Å²) in [6.45, 7) is 8.46. The molecule has 106 heavy (non-hydrogen) atoms. The molecule has 0 unspecified atom stereocenters. The van der Waals surface area contributed by atoms with Gasteiger partial charge in [-0.1, -0.05) is 336 Å². The Hall–Kier alpha value is -12.9. The van der Waals surface area contributed by atoms with Crippen molar-refractivity contribution in [2.24, 2.45) is 0 Å². The molecule has 6 aliphatic rings. The average molecular weight is 1380 g/mol. The zero-order valence-electron chi connectivity index (χ0n) is 87.4. The molecule has 16 aromatic rings. The van der Waals surface area contributed by atoms with Gasteiger partial charge in [0.05, 0.1) is 57.6 Å². The van der Waals surface area contributed by atoms with Crippen molar-refractivity contribution in [3.05, 3.63) is 442 Å². The lowest BCUT2D eigenvalue weighted by Gasteiger charge is -2.33. The van der Waals surface area contributed by atoms with E-state index in [9.17, 15) is 24.7 Å². The van der Waals surface area contributed by atoms with Gasteiger partial charge in [-0.2, -0.15) is 0 Å². The summed E-state index contributed by atoms with van der Waals surface area (Å²) in [6.07, 6.45) is 0. The largest absolute Gasteiger partial charge is 0.310 e. The molecule has 0 saturated carbocycles. The molecule has 0 amide bonds. The van der Waals surface area contributed by atoms with Crippen LogP contribution >= 0.6 is 0 Å². The minimum Gasteiger partial charge on any atom is -0.310 e. The molecule has 0 radical (unpaired) electrons. The van der Waals surface area contributed by atoms with E-state index in [0.717, 1.165) is 61.2 Å². The number of para-hydroxylation sites is 1. The minimum absolute atomic E-state index is 0.173. The van der Waals surface area contributed by atoms with Gasteiger partial charge in [-0.15, -0.1) is 0 Å². The van der Waals surface area contributed by atoms with Crippen LogP contribution in [0.15, 0.2) is 375 Å². The summed E-state index contributed by atoms with van der Waals surface area (Å²) in [4.78, 5) is 3.37. The third kappa shape index (κ3) is 8.67. The molecule has 0 heterocycles. The third-order valence-corrected chi connectivity index (χ3v) is 22.3. The van der Waals surface area contributed by atoms with Crippen molar-refractivity contribution in [1.82, 2.24) is 0 Å².